The normalized spacial score (nSPS) is 11.9. The number of hydrogen-bond acceptors (Lipinski definition) is 3. The third-order valence-corrected chi connectivity index (χ3v) is 3.46. The quantitative estimate of drug-likeness (QED) is 0.452. The van der Waals surface area contributed by atoms with Crippen LogP contribution >= 0.6 is 23.2 Å². The summed E-state index contributed by atoms with van der Waals surface area (Å²) in [5.41, 5.74) is 2.55. The third kappa shape index (κ3) is 1.23. The summed E-state index contributed by atoms with van der Waals surface area (Å²) in [4.78, 5) is 4.05. The van der Waals surface area contributed by atoms with Crippen molar-refractivity contribution in [1.29, 1.82) is 0 Å². The molecule has 0 bridgehead atoms. The number of hydrogen-bond donors (Lipinski definition) is 0. The largest absolute Gasteiger partial charge is 0.456 e. The van der Waals surface area contributed by atoms with Gasteiger partial charge in [-0.15, -0.1) is 0 Å². The molecule has 0 saturated heterocycles. The predicted octanol–water partition coefficient (Wildman–Crippen LogP) is 5.03. The molecule has 0 aliphatic carbocycles. The number of aromatic nitrogens is 1. The van der Waals surface area contributed by atoms with E-state index < -0.39 is 0 Å². The molecule has 0 aliphatic rings. The molecule has 0 radical (unpaired) electrons. The van der Waals surface area contributed by atoms with Crippen LogP contribution in [0.2, 0.25) is 10.4 Å². The summed E-state index contributed by atoms with van der Waals surface area (Å²) < 4.78 is 11.0. The molecule has 88 valence electrons. The van der Waals surface area contributed by atoms with Gasteiger partial charge in [0, 0.05) is 11.5 Å². The van der Waals surface area contributed by atoms with Gasteiger partial charge in [-0.25, -0.2) is 0 Å². The molecule has 5 heteroatoms. The molecule has 2 aromatic carbocycles. The van der Waals surface area contributed by atoms with E-state index in [1.54, 1.807) is 6.07 Å². The van der Waals surface area contributed by atoms with Crippen LogP contribution in [-0.2, 0) is 0 Å². The third-order valence-electron chi connectivity index (χ3n) is 2.94. The van der Waals surface area contributed by atoms with Crippen molar-refractivity contribution in [1.82, 2.24) is 4.98 Å². The highest BCUT2D eigenvalue weighted by Crippen LogP contribution is 2.39. The lowest BCUT2D eigenvalue weighted by Gasteiger charge is -1.94. The van der Waals surface area contributed by atoms with Crippen LogP contribution < -0.4 is 0 Å². The maximum absolute atomic E-state index is 6.36. The molecule has 0 fully saturated rings. The highest BCUT2D eigenvalue weighted by atomic mass is 35.5. The Bertz CT molecular complexity index is 907. The summed E-state index contributed by atoms with van der Waals surface area (Å²) in [6, 6.07) is 9.49. The lowest BCUT2D eigenvalue weighted by atomic mass is 10.1. The molecule has 0 aliphatic heterocycles. The van der Waals surface area contributed by atoms with E-state index in [1.165, 1.54) is 0 Å². The minimum Gasteiger partial charge on any atom is -0.456 e. The summed E-state index contributed by atoms with van der Waals surface area (Å²) in [5.74, 6) is 0. The standard InChI is InChI=1S/C13H5Cl2NO2/c14-11-10-6-3-1-2-4-8(6)17-9(10)5-7-12(11)18-13(15)16-7/h1-5H. The van der Waals surface area contributed by atoms with Gasteiger partial charge in [0.15, 0.2) is 5.58 Å². The van der Waals surface area contributed by atoms with Gasteiger partial charge in [-0.2, -0.15) is 4.98 Å². The second-order valence-electron chi connectivity index (χ2n) is 3.98. The lowest BCUT2D eigenvalue weighted by molar-refractivity contribution is 0.605. The van der Waals surface area contributed by atoms with Gasteiger partial charge in [0.05, 0.1) is 10.4 Å². The Morgan fingerprint density at radius 2 is 1.83 bits per heavy atom. The number of oxazole rings is 1. The Hall–Kier alpha value is -1.71. The van der Waals surface area contributed by atoms with Crippen LogP contribution in [-0.4, -0.2) is 4.98 Å². The van der Waals surface area contributed by atoms with E-state index in [0.29, 0.717) is 21.7 Å². The second kappa shape index (κ2) is 3.40. The van der Waals surface area contributed by atoms with Gasteiger partial charge in [0.1, 0.15) is 16.7 Å². The predicted molar refractivity (Wildman–Crippen MR) is 71.3 cm³/mol. The monoisotopic (exact) mass is 277 g/mol. The molecule has 3 nitrogen and oxygen atoms in total. The number of fused-ring (bicyclic) bond motifs is 4. The fourth-order valence-corrected chi connectivity index (χ4v) is 2.69. The van der Waals surface area contributed by atoms with Crippen LogP contribution in [0.4, 0.5) is 0 Å². The number of halogens is 2. The van der Waals surface area contributed by atoms with Gasteiger partial charge in [-0.05, 0) is 17.7 Å². The van der Waals surface area contributed by atoms with E-state index in [1.807, 2.05) is 24.3 Å². The van der Waals surface area contributed by atoms with Gasteiger partial charge >= 0.3 is 0 Å². The first-order valence-corrected chi connectivity index (χ1v) is 6.05. The molecule has 0 N–H and O–H groups in total. The Balaban J connectivity index is 2.32. The molecule has 0 atom stereocenters. The summed E-state index contributed by atoms with van der Waals surface area (Å²) in [7, 11) is 0. The van der Waals surface area contributed by atoms with Crippen LogP contribution in [0, 0.1) is 0 Å². The minimum atomic E-state index is 0.0730. The molecule has 4 aromatic rings. The van der Waals surface area contributed by atoms with Crippen LogP contribution in [0.1, 0.15) is 0 Å². The Labute approximate surface area is 111 Å². The van der Waals surface area contributed by atoms with Crippen molar-refractivity contribution in [2.24, 2.45) is 0 Å². The van der Waals surface area contributed by atoms with E-state index in [4.69, 9.17) is 32.0 Å². The van der Waals surface area contributed by atoms with Crippen molar-refractivity contribution in [3.05, 3.63) is 40.7 Å². The summed E-state index contributed by atoms with van der Waals surface area (Å²) >= 11 is 12.1. The van der Waals surface area contributed by atoms with Gasteiger partial charge in [-0.3, -0.25) is 0 Å². The molecule has 2 aromatic heterocycles. The molecular weight excluding hydrogens is 273 g/mol. The zero-order valence-electron chi connectivity index (χ0n) is 8.91. The number of benzene rings is 2. The number of rotatable bonds is 0. The van der Waals surface area contributed by atoms with Crippen molar-refractivity contribution in [2.45, 2.75) is 0 Å². The van der Waals surface area contributed by atoms with E-state index >= 15 is 0 Å². The maximum Gasteiger partial charge on any atom is 0.293 e. The van der Waals surface area contributed by atoms with Gasteiger partial charge < -0.3 is 8.83 Å². The van der Waals surface area contributed by atoms with Crippen molar-refractivity contribution in [2.75, 3.05) is 0 Å². The van der Waals surface area contributed by atoms with E-state index in [9.17, 15) is 0 Å². The lowest BCUT2D eigenvalue weighted by Crippen LogP contribution is -1.72. The van der Waals surface area contributed by atoms with Crippen LogP contribution in [0.15, 0.2) is 39.2 Å². The highest BCUT2D eigenvalue weighted by molar-refractivity contribution is 6.42. The Kier molecular flexibility index (Phi) is 1.93. The molecule has 0 spiro atoms. The minimum absolute atomic E-state index is 0.0730. The Morgan fingerprint density at radius 1 is 1.00 bits per heavy atom. The fourth-order valence-electron chi connectivity index (χ4n) is 2.19. The van der Waals surface area contributed by atoms with E-state index in [-0.39, 0.29) is 5.35 Å². The van der Waals surface area contributed by atoms with Crippen LogP contribution in [0.25, 0.3) is 33.0 Å². The average molecular weight is 278 g/mol. The number of nitrogens with zero attached hydrogens (tertiary/aromatic N) is 1. The Morgan fingerprint density at radius 3 is 2.72 bits per heavy atom. The van der Waals surface area contributed by atoms with E-state index in [0.717, 1.165) is 16.4 Å². The zero-order chi connectivity index (χ0) is 12.3. The van der Waals surface area contributed by atoms with E-state index in [2.05, 4.69) is 4.98 Å². The summed E-state index contributed by atoms with van der Waals surface area (Å²) in [6.45, 7) is 0. The molecule has 0 amide bonds. The van der Waals surface area contributed by atoms with Crippen molar-refractivity contribution < 1.29 is 8.83 Å². The zero-order valence-corrected chi connectivity index (χ0v) is 10.4. The number of para-hydroxylation sites is 1. The SMILES string of the molecule is Clc1nc2cc3oc4ccccc4c3c(Cl)c2o1. The summed E-state index contributed by atoms with van der Waals surface area (Å²) in [6.07, 6.45) is 0. The first-order chi connectivity index (χ1) is 8.74. The first-order valence-electron chi connectivity index (χ1n) is 5.30. The highest BCUT2D eigenvalue weighted by Gasteiger charge is 2.17. The molecule has 0 saturated carbocycles. The van der Waals surface area contributed by atoms with Gasteiger partial charge in [0.2, 0.25) is 0 Å². The van der Waals surface area contributed by atoms with Gasteiger partial charge in [0.25, 0.3) is 5.35 Å². The van der Waals surface area contributed by atoms with Crippen molar-refractivity contribution in [3.63, 3.8) is 0 Å². The molecule has 2 heterocycles. The van der Waals surface area contributed by atoms with Crippen LogP contribution in [0.3, 0.4) is 0 Å². The first kappa shape index (κ1) is 10.2. The van der Waals surface area contributed by atoms with Crippen molar-refractivity contribution in [3.8, 4) is 0 Å². The van der Waals surface area contributed by atoms with Gasteiger partial charge in [-0.1, -0.05) is 29.8 Å². The molecule has 4 rings (SSSR count). The fraction of sp³-hybridized carbons (Fsp3) is 0. The van der Waals surface area contributed by atoms with Crippen molar-refractivity contribution >= 4 is 56.2 Å². The summed E-state index contributed by atoms with van der Waals surface area (Å²) in [5, 5.41) is 2.33. The smallest absolute Gasteiger partial charge is 0.293 e. The number of furan rings is 1. The average Bonchev–Trinajstić information content (AvgIpc) is 2.89. The molecule has 18 heavy (non-hydrogen) atoms. The molecule has 0 unspecified atom stereocenters. The maximum atomic E-state index is 6.36. The van der Waals surface area contributed by atoms with Crippen LogP contribution in [0.5, 0.6) is 0 Å². The second-order valence-corrected chi connectivity index (χ2v) is 4.68. The molecular formula is C13H5Cl2NO2. The topological polar surface area (TPSA) is 39.2 Å².